The van der Waals surface area contributed by atoms with Gasteiger partial charge in [0, 0.05) is 61.2 Å². The highest BCUT2D eigenvalue weighted by Crippen LogP contribution is 2.35. The molecule has 0 atom stereocenters. The smallest absolute Gasteiger partial charge is 0.252 e. The Kier molecular flexibility index (Phi) is 4.24. The van der Waals surface area contributed by atoms with Crippen LogP contribution in [0.1, 0.15) is 18.9 Å². The summed E-state index contributed by atoms with van der Waals surface area (Å²) in [5.41, 5.74) is 2.90. The SMILES string of the molecule is CN1CCN(c2ccc(Nc3ncc4ccc(=O)n(C5CC5)c4n3)cc2)CC1. The minimum atomic E-state index is 0.0104. The highest BCUT2D eigenvalue weighted by Gasteiger charge is 2.26. The summed E-state index contributed by atoms with van der Waals surface area (Å²) in [4.78, 5) is 26.1. The number of likely N-dealkylation sites (N-methyl/N-ethyl adjacent to an activating group) is 1. The first kappa shape index (κ1) is 17.2. The van der Waals surface area contributed by atoms with Crippen LogP contribution in [0.25, 0.3) is 11.0 Å². The van der Waals surface area contributed by atoms with Gasteiger partial charge in [-0.1, -0.05) is 0 Å². The lowest BCUT2D eigenvalue weighted by molar-refractivity contribution is 0.313. The van der Waals surface area contributed by atoms with Crippen molar-refractivity contribution >= 4 is 28.4 Å². The fourth-order valence-corrected chi connectivity index (χ4v) is 3.73. The van der Waals surface area contributed by atoms with Gasteiger partial charge in [0.05, 0.1) is 0 Å². The van der Waals surface area contributed by atoms with Crippen molar-refractivity contribution in [2.45, 2.75) is 18.9 Å². The van der Waals surface area contributed by atoms with Crippen LogP contribution in [-0.2, 0) is 0 Å². The van der Waals surface area contributed by atoms with E-state index in [0.29, 0.717) is 11.6 Å². The van der Waals surface area contributed by atoms with Crippen LogP contribution in [0.5, 0.6) is 0 Å². The Morgan fingerprint density at radius 2 is 1.75 bits per heavy atom. The van der Waals surface area contributed by atoms with Gasteiger partial charge in [-0.2, -0.15) is 4.98 Å². The first-order valence-corrected chi connectivity index (χ1v) is 9.86. The van der Waals surface area contributed by atoms with E-state index in [1.807, 2.05) is 0 Å². The molecule has 0 bridgehead atoms. The van der Waals surface area contributed by atoms with Gasteiger partial charge in [-0.3, -0.25) is 9.36 Å². The van der Waals surface area contributed by atoms with Gasteiger partial charge >= 0.3 is 0 Å². The topological polar surface area (TPSA) is 66.3 Å². The van der Waals surface area contributed by atoms with E-state index in [2.05, 4.69) is 56.4 Å². The summed E-state index contributed by atoms with van der Waals surface area (Å²) in [6.07, 6.45) is 3.86. The molecule has 7 nitrogen and oxygen atoms in total. The molecule has 1 saturated heterocycles. The molecule has 1 aliphatic heterocycles. The molecule has 1 saturated carbocycles. The Hall–Kier alpha value is -2.93. The molecule has 1 aliphatic carbocycles. The fourth-order valence-electron chi connectivity index (χ4n) is 3.73. The molecule has 7 heteroatoms. The molecule has 0 radical (unpaired) electrons. The van der Waals surface area contributed by atoms with Crippen LogP contribution in [-0.4, -0.2) is 52.7 Å². The van der Waals surface area contributed by atoms with E-state index in [1.165, 1.54) is 5.69 Å². The molecular weight excluding hydrogens is 352 g/mol. The van der Waals surface area contributed by atoms with Gasteiger partial charge in [-0.15, -0.1) is 0 Å². The van der Waals surface area contributed by atoms with Gasteiger partial charge in [-0.05, 0) is 50.2 Å². The van der Waals surface area contributed by atoms with Crippen molar-refractivity contribution in [3.05, 3.63) is 52.9 Å². The van der Waals surface area contributed by atoms with Crippen molar-refractivity contribution in [2.24, 2.45) is 0 Å². The number of aromatic nitrogens is 3. The number of fused-ring (bicyclic) bond motifs is 1. The maximum Gasteiger partial charge on any atom is 0.252 e. The largest absolute Gasteiger partial charge is 0.369 e. The monoisotopic (exact) mass is 376 g/mol. The summed E-state index contributed by atoms with van der Waals surface area (Å²) in [7, 11) is 2.16. The van der Waals surface area contributed by atoms with Crippen LogP contribution >= 0.6 is 0 Å². The Morgan fingerprint density at radius 3 is 2.46 bits per heavy atom. The molecule has 3 heterocycles. The average molecular weight is 376 g/mol. The number of piperazine rings is 1. The molecule has 1 N–H and O–H groups in total. The number of nitrogens with one attached hydrogen (secondary N) is 1. The molecule has 2 aromatic heterocycles. The Bertz CT molecular complexity index is 1050. The second-order valence-electron chi connectivity index (χ2n) is 7.71. The zero-order chi connectivity index (χ0) is 19.1. The summed E-state index contributed by atoms with van der Waals surface area (Å²) < 4.78 is 1.80. The van der Waals surface area contributed by atoms with Gasteiger partial charge in [-0.25, -0.2) is 4.98 Å². The zero-order valence-electron chi connectivity index (χ0n) is 16.0. The molecule has 1 aromatic carbocycles. The van der Waals surface area contributed by atoms with E-state index in [9.17, 15) is 4.79 Å². The number of nitrogens with zero attached hydrogens (tertiary/aromatic N) is 5. The Labute approximate surface area is 163 Å². The predicted molar refractivity (Wildman–Crippen MR) is 112 cm³/mol. The van der Waals surface area contributed by atoms with Gasteiger partial charge in [0.25, 0.3) is 5.56 Å². The van der Waals surface area contributed by atoms with Crippen molar-refractivity contribution in [1.82, 2.24) is 19.4 Å². The van der Waals surface area contributed by atoms with E-state index >= 15 is 0 Å². The van der Waals surface area contributed by atoms with Crippen molar-refractivity contribution in [3.8, 4) is 0 Å². The van der Waals surface area contributed by atoms with E-state index in [-0.39, 0.29) is 11.6 Å². The maximum atomic E-state index is 12.3. The summed E-state index contributed by atoms with van der Waals surface area (Å²) in [6, 6.07) is 12.1. The first-order chi connectivity index (χ1) is 13.7. The summed E-state index contributed by atoms with van der Waals surface area (Å²) in [5.74, 6) is 0.514. The molecule has 144 valence electrons. The maximum absolute atomic E-state index is 12.3. The van der Waals surface area contributed by atoms with Crippen molar-refractivity contribution in [2.75, 3.05) is 43.4 Å². The van der Waals surface area contributed by atoms with Crippen LogP contribution in [0.15, 0.2) is 47.4 Å². The van der Waals surface area contributed by atoms with Crippen molar-refractivity contribution in [1.29, 1.82) is 0 Å². The third-order valence-corrected chi connectivity index (χ3v) is 5.57. The summed E-state index contributed by atoms with van der Waals surface area (Å²) in [5, 5.41) is 4.17. The standard InChI is InChI=1S/C21H24N6O/c1-25-10-12-26(13-11-25)17-5-3-16(4-6-17)23-21-22-14-15-2-9-19(28)27(18-7-8-18)20(15)24-21/h2-6,9,14,18H,7-8,10-13H2,1H3,(H,22,23,24). The number of benzene rings is 1. The minimum Gasteiger partial charge on any atom is -0.369 e. The van der Waals surface area contributed by atoms with Crippen LogP contribution in [0.4, 0.5) is 17.3 Å². The average Bonchev–Trinajstić information content (AvgIpc) is 3.54. The molecule has 3 aromatic rings. The van der Waals surface area contributed by atoms with Crippen LogP contribution < -0.4 is 15.8 Å². The van der Waals surface area contributed by atoms with Crippen LogP contribution in [0.2, 0.25) is 0 Å². The molecule has 28 heavy (non-hydrogen) atoms. The third kappa shape index (κ3) is 3.33. The zero-order valence-corrected chi connectivity index (χ0v) is 16.0. The van der Waals surface area contributed by atoms with E-state index < -0.39 is 0 Å². The molecule has 5 rings (SSSR count). The lowest BCUT2D eigenvalue weighted by Gasteiger charge is -2.34. The molecule has 2 aliphatic rings. The second-order valence-corrected chi connectivity index (χ2v) is 7.71. The Balaban J connectivity index is 1.38. The van der Waals surface area contributed by atoms with Crippen LogP contribution in [0, 0.1) is 0 Å². The fraction of sp³-hybridized carbons (Fsp3) is 0.381. The third-order valence-electron chi connectivity index (χ3n) is 5.57. The highest BCUT2D eigenvalue weighted by atomic mass is 16.1. The number of rotatable bonds is 4. The Morgan fingerprint density at radius 1 is 1.00 bits per heavy atom. The lowest BCUT2D eigenvalue weighted by Crippen LogP contribution is -2.44. The van der Waals surface area contributed by atoms with E-state index in [0.717, 1.165) is 50.1 Å². The van der Waals surface area contributed by atoms with Gasteiger partial charge < -0.3 is 15.1 Å². The van der Waals surface area contributed by atoms with Crippen LogP contribution in [0.3, 0.4) is 0 Å². The van der Waals surface area contributed by atoms with Gasteiger partial charge in [0.2, 0.25) is 5.95 Å². The quantitative estimate of drug-likeness (QED) is 0.755. The van der Waals surface area contributed by atoms with Crippen molar-refractivity contribution < 1.29 is 0 Å². The number of pyridine rings is 1. The van der Waals surface area contributed by atoms with Gasteiger partial charge in [0.1, 0.15) is 5.65 Å². The second kappa shape index (κ2) is 6.91. The van der Waals surface area contributed by atoms with Crippen molar-refractivity contribution in [3.63, 3.8) is 0 Å². The highest BCUT2D eigenvalue weighted by molar-refractivity contribution is 5.76. The van der Waals surface area contributed by atoms with Gasteiger partial charge in [0.15, 0.2) is 0 Å². The summed E-state index contributed by atoms with van der Waals surface area (Å²) in [6.45, 7) is 4.28. The number of hydrogen-bond donors (Lipinski definition) is 1. The lowest BCUT2D eigenvalue weighted by atomic mass is 10.2. The number of hydrogen-bond acceptors (Lipinski definition) is 6. The molecule has 0 unspecified atom stereocenters. The van der Waals surface area contributed by atoms with E-state index in [4.69, 9.17) is 0 Å². The normalized spacial score (nSPS) is 17.8. The predicted octanol–water partition coefficient (Wildman–Crippen LogP) is 2.62. The first-order valence-electron chi connectivity index (χ1n) is 9.86. The summed E-state index contributed by atoms with van der Waals surface area (Å²) >= 11 is 0. The number of anilines is 3. The minimum absolute atomic E-state index is 0.0104. The van der Waals surface area contributed by atoms with E-state index in [1.54, 1.807) is 22.9 Å². The molecule has 2 fully saturated rings. The molecule has 0 spiro atoms. The molecule has 0 amide bonds. The molecular formula is C21H24N6O.